The summed E-state index contributed by atoms with van der Waals surface area (Å²) < 4.78 is 5.68. The fourth-order valence-electron chi connectivity index (χ4n) is 2.70. The van der Waals surface area contributed by atoms with Crippen LogP contribution in [-0.2, 0) is 4.74 Å². The third-order valence-electron chi connectivity index (χ3n) is 4.07. The van der Waals surface area contributed by atoms with Gasteiger partial charge in [-0.25, -0.2) is 0 Å². The highest BCUT2D eigenvalue weighted by Gasteiger charge is 2.22. The number of piperazine rings is 1. The summed E-state index contributed by atoms with van der Waals surface area (Å²) in [6.07, 6.45) is 1.88. The second-order valence-corrected chi connectivity index (χ2v) is 6.28. The highest BCUT2D eigenvalue weighted by molar-refractivity contribution is 5.08. The van der Waals surface area contributed by atoms with Crippen molar-refractivity contribution in [2.45, 2.75) is 26.8 Å². The standard InChI is InChI=1S/C17H29N3O/c1-15(2)14-21-13-12-19-8-10-20(11-9-19)16(3)17-6-4-5-7-18-17/h4-7,15-16H,8-14H2,1-3H3/t16-/m0/s1. The van der Waals surface area contributed by atoms with Gasteiger partial charge in [0, 0.05) is 51.6 Å². The number of ether oxygens (including phenoxy) is 1. The van der Waals surface area contributed by atoms with Gasteiger partial charge in [0.15, 0.2) is 0 Å². The summed E-state index contributed by atoms with van der Waals surface area (Å²) in [6.45, 7) is 13.9. The molecule has 0 unspecified atom stereocenters. The van der Waals surface area contributed by atoms with Crippen molar-refractivity contribution in [3.05, 3.63) is 30.1 Å². The molecule has 0 bridgehead atoms. The lowest BCUT2D eigenvalue weighted by Crippen LogP contribution is -2.48. The smallest absolute Gasteiger partial charge is 0.0593 e. The zero-order valence-electron chi connectivity index (χ0n) is 13.7. The summed E-state index contributed by atoms with van der Waals surface area (Å²) in [4.78, 5) is 9.50. The van der Waals surface area contributed by atoms with E-state index in [2.05, 4.69) is 47.7 Å². The van der Waals surface area contributed by atoms with Gasteiger partial charge in [0.1, 0.15) is 0 Å². The molecule has 4 heteroatoms. The fraction of sp³-hybridized carbons (Fsp3) is 0.706. The highest BCUT2D eigenvalue weighted by Crippen LogP contribution is 2.19. The molecule has 4 nitrogen and oxygen atoms in total. The maximum Gasteiger partial charge on any atom is 0.0593 e. The Kier molecular flexibility index (Phi) is 6.61. The Balaban J connectivity index is 1.68. The van der Waals surface area contributed by atoms with Crippen LogP contribution in [-0.4, -0.2) is 60.7 Å². The molecule has 0 saturated carbocycles. The van der Waals surface area contributed by atoms with Gasteiger partial charge < -0.3 is 4.74 Å². The Morgan fingerprint density at radius 2 is 1.90 bits per heavy atom. The molecule has 1 aromatic heterocycles. The number of pyridine rings is 1. The van der Waals surface area contributed by atoms with E-state index >= 15 is 0 Å². The van der Waals surface area contributed by atoms with Gasteiger partial charge >= 0.3 is 0 Å². The molecule has 0 N–H and O–H groups in total. The molecular weight excluding hydrogens is 262 g/mol. The van der Waals surface area contributed by atoms with Crippen LogP contribution in [0.25, 0.3) is 0 Å². The Labute approximate surface area is 129 Å². The normalized spacial score (nSPS) is 19.0. The largest absolute Gasteiger partial charge is 0.380 e. The Hall–Kier alpha value is -0.970. The summed E-state index contributed by atoms with van der Waals surface area (Å²) in [7, 11) is 0. The van der Waals surface area contributed by atoms with Gasteiger partial charge in [-0.2, -0.15) is 0 Å². The predicted octanol–water partition coefficient (Wildman–Crippen LogP) is 2.43. The molecule has 1 aromatic rings. The Morgan fingerprint density at radius 3 is 2.52 bits per heavy atom. The molecule has 0 amide bonds. The first kappa shape index (κ1) is 16.4. The van der Waals surface area contributed by atoms with Crippen LogP contribution in [0, 0.1) is 5.92 Å². The molecule has 2 rings (SSSR count). The second kappa shape index (κ2) is 8.47. The summed E-state index contributed by atoms with van der Waals surface area (Å²) in [6, 6.07) is 6.58. The zero-order chi connectivity index (χ0) is 15.1. The van der Waals surface area contributed by atoms with Gasteiger partial charge in [-0.15, -0.1) is 0 Å². The third kappa shape index (κ3) is 5.38. The summed E-state index contributed by atoms with van der Waals surface area (Å²) >= 11 is 0. The van der Waals surface area contributed by atoms with E-state index in [1.54, 1.807) is 0 Å². The van der Waals surface area contributed by atoms with E-state index in [9.17, 15) is 0 Å². The van der Waals surface area contributed by atoms with Gasteiger partial charge in [0.25, 0.3) is 0 Å². The van der Waals surface area contributed by atoms with Crippen LogP contribution >= 0.6 is 0 Å². The van der Waals surface area contributed by atoms with Crippen molar-refractivity contribution < 1.29 is 4.74 Å². The lowest BCUT2D eigenvalue weighted by Gasteiger charge is -2.37. The fourth-order valence-corrected chi connectivity index (χ4v) is 2.70. The quantitative estimate of drug-likeness (QED) is 0.722. The minimum atomic E-state index is 0.408. The van der Waals surface area contributed by atoms with E-state index in [0.29, 0.717) is 12.0 Å². The van der Waals surface area contributed by atoms with Crippen LogP contribution in [0.5, 0.6) is 0 Å². The molecule has 0 aromatic carbocycles. The first-order chi connectivity index (χ1) is 10.2. The first-order valence-electron chi connectivity index (χ1n) is 8.12. The Bertz CT molecular complexity index is 388. The van der Waals surface area contributed by atoms with Crippen molar-refractivity contribution in [1.82, 2.24) is 14.8 Å². The van der Waals surface area contributed by atoms with Crippen molar-refractivity contribution >= 4 is 0 Å². The lowest BCUT2D eigenvalue weighted by atomic mass is 10.1. The third-order valence-corrected chi connectivity index (χ3v) is 4.07. The van der Waals surface area contributed by atoms with E-state index in [-0.39, 0.29) is 0 Å². The topological polar surface area (TPSA) is 28.6 Å². The van der Waals surface area contributed by atoms with E-state index in [4.69, 9.17) is 4.74 Å². The molecule has 118 valence electrons. The highest BCUT2D eigenvalue weighted by atomic mass is 16.5. The van der Waals surface area contributed by atoms with Crippen molar-refractivity contribution in [1.29, 1.82) is 0 Å². The van der Waals surface area contributed by atoms with Crippen molar-refractivity contribution in [3.63, 3.8) is 0 Å². The molecule has 0 spiro atoms. The van der Waals surface area contributed by atoms with Gasteiger partial charge in [-0.05, 0) is 25.0 Å². The van der Waals surface area contributed by atoms with Crippen LogP contribution in [0.1, 0.15) is 32.5 Å². The number of rotatable bonds is 7. The van der Waals surface area contributed by atoms with Gasteiger partial charge in [-0.1, -0.05) is 19.9 Å². The van der Waals surface area contributed by atoms with Crippen molar-refractivity contribution in [3.8, 4) is 0 Å². The second-order valence-electron chi connectivity index (χ2n) is 6.28. The average molecular weight is 291 g/mol. The molecule has 21 heavy (non-hydrogen) atoms. The zero-order valence-corrected chi connectivity index (χ0v) is 13.7. The molecule has 1 saturated heterocycles. The van der Waals surface area contributed by atoms with Crippen LogP contribution in [0.2, 0.25) is 0 Å². The van der Waals surface area contributed by atoms with Crippen LogP contribution in [0.4, 0.5) is 0 Å². The van der Waals surface area contributed by atoms with Crippen LogP contribution < -0.4 is 0 Å². The molecule has 1 atom stereocenters. The maximum atomic E-state index is 5.68. The number of hydrogen-bond donors (Lipinski definition) is 0. The van der Waals surface area contributed by atoms with E-state index < -0.39 is 0 Å². The first-order valence-corrected chi connectivity index (χ1v) is 8.12. The monoisotopic (exact) mass is 291 g/mol. The summed E-state index contributed by atoms with van der Waals surface area (Å²) in [5.41, 5.74) is 1.17. The molecule has 1 fully saturated rings. The van der Waals surface area contributed by atoms with Gasteiger partial charge in [0.2, 0.25) is 0 Å². The number of aromatic nitrogens is 1. The molecule has 0 radical (unpaired) electrons. The van der Waals surface area contributed by atoms with Gasteiger partial charge in [-0.3, -0.25) is 14.8 Å². The van der Waals surface area contributed by atoms with Crippen molar-refractivity contribution in [2.24, 2.45) is 5.92 Å². The predicted molar refractivity (Wildman–Crippen MR) is 86.3 cm³/mol. The SMILES string of the molecule is CC(C)COCCN1CCN([C@@H](C)c2ccccn2)CC1. The minimum absolute atomic E-state index is 0.408. The lowest BCUT2D eigenvalue weighted by molar-refractivity contribution is 0.0548. The molecule has 2 heterocycles. The van der Waals surface area contributed by atoms with E-state index in [0.717, 1.165) is 45.9 Å². The molecular formula is C17H29N3O. The minimum Gasteiger partial charge on any atom is -0.380 e. The molecule has 0 aliphatic carbocycles. The van der Waals surface area contributed by atoms with E-state index in [1.165, 1.54) is 5.69 Å². The maximum absolute atomic E-state index is 5.68. The number of nitrogens with zero attached hydrogens (tertiary/aromatic N) is 3. The molecule has 1 aliphatic rings. The van der Waals surface area contributed by atoms with Gasteiger partial charge in [0.05, 0.1) is 12.3 Å². The average Bonchev–Trinajstić information content (AvgIpc) is 2.52. The molecule has 1 aliphatic heterocycles. The van der Waals surface area contributed by atoms with Crippen molar-refractivity contribution in [2.75, 3.05) is 45.9 Å². The van der Waals surface area contributed by atoms with Crippen LogP contribution in [0.15, 0.2) is 24.4 Å². The van der Waals surface area contributed by atoms with Crippen LogP contribution in [0.3, 0.4) is 0 Å². The Morgan fingerprint density at radius 1 is 1.14 bits per heavy atom. The van der Waals surface area contributed by atoms with E-state index in [1.807, 2.05) is 12.3 Å². The number of hydrogen-bond acceptors (Lipinski definition) is 4. The summed E-state index contributed by atoms with van der Waals surface area (Å²) in [5, 5.41) is 0. The summed E-state index contributed by atoms with van der Waals surface area (Å²) in [5.74, 6) is 0.626.